The van der Waals surface area contributed by atoms with Gasteiger partial charge in [0.2, 0.25) is 0 Å². The first-order valence-electron chi connectivity index (χ1n) is 9.08. The predicted molar refractivity (Wildman–Crippen MR) is 88.0 cm³/mol. The van der Waals surface area contributed by atoms with Gasteiger partial charge in [-0.1, -0.05) is 34.1 Å². The number of likely N-dealkylation sites (tertiary alicyclic amines) is 1. The highest BCUT2D eigenvalue weighted by molar-refractivity contribution is 4.89. The second-order valence-corrected chi connectivity index (χ2v) is 7.72. The lowest BCUT2D eigenvalue weighted by Gasteiger charge is -2.42. The van der Waals surface area contributed by atoms with Crippen LogP contribution in [0.2, 0.25) is 0 Å². The van der Waals surface area contributed by atoms with E-state index in [1.165, 1.54) is 58.2 Å². The zero-order valence-electron chi connectivity index (χ0n) is 14.2. The van der Waals surface area contributed by atoms with E-state index in [1.54, 1.807) is 0 Å². The Balaban J connectivity index is 1.81. The molecule has 1 N–H and O–H groups in total. The van der Waals surface area contributed by atoms with Crippen LogP contribution >= 0.6 is 0 Å². The van der Waals surface area contributed by atoms with Crippen molar-refractivity contribution in [2.45, 2.75) is 78.3 Å². The van der Waals surface area contributed by atoms with E-state index in [0.717, 1.165) is 29.8 Å². The summed E-state index contributed by atoms with van der Waals surface area (Å²) in [6.45, 7) is 13.5. The molecule has 1 saturated carbocycles. The molecule has 20 heavy (non-hydrogen) atoms. The molecule has 2 heteroatoms. The Morgan fingerprint density at radius 1 is 1.10 bits per heavy atom. The third-order valence-electron chi connectivity index (χ3n) is 5.60. The Bertz CT molecular complexity index is 269. The van der Waals surface area contributed by atoms with Gasteiger partial charge in [0.25, 0.3) is 0 Å². The maximum Gasteiger partial charge on any atom is 0.0103 e. The lowest BCUT2D eigenvalue weighted by Crippen LogP contribution is -2.51. The average molecular weight is 280 g/mol. The first-order valence-corrected chi connectivity index (χ1v) is 9.08. The first kappa shape index (κ1) is 16.3. The molecule has 1 aliphatic carbocycles. The molecule has 0 amide bonds. The van der Waals surface area contributed by atoms with E-state index in [4.69, 9.17) is 0 Å². The second-order valence-electron chi connectivity index (χ2n) is 7.72. The van der Waals surface area contributed by atoms with E-state index in [-0.39, 0.29) is 0 Å². The molecule has 0 aromatic carbocycles. The SMILES string of the molecule is CCCN1CCC(NC2CC(C)CCC2C(C)C)CC1. The number of hydrogen-bond donors (Lipinski definition) is 1. The molecular weight excluding hydrogens is 244 g/mol. The summed E-state index contributed by atoms with van der Waals surface area (Å²) in [6, 6.07) is 1.56. The number of hydrogen-bond acceptors (Lipinski definition) is 2. The molecule has 2 rings (SSSR count). The highest BCUT2D eigenvalue weighted by atomic mass is 15.1. The zero-order chi connectivity index (χ0) is 14.5. The molecule has 2 aliphatic rings. The summed E-state index contributed by atoms with van der Waals surface area (Å²) in [6.07, 6.45) is 8.29. The third kappa shape index (κ3) is 4.46. The van der Waals surface area contributed by atoms with Crippen LogP contribution in [-0.2, 0) is 0 Å². The summed E-state index contributed by atoms with van der Waals surface area (Å²) in [5.74, 6) is 2.66. The molecule has 0 radical (unpaired) electrons. The average Bonchev–Trinajstić information content (AvgIpc) is 2.41. The van der Waals surface area contributed by atoms with Crippen molar-refractivity contribution in [1.82, 2.24) is 10.2 Å². The Labute approximate surface area is 126 Å². The van der Waals surface area contributed by atoms with Crippen LogP contribution in [0.25, 0.3) is 0 Å². The molecule has 0 aromatic heterocycles. The zero-order valence-corrected chi connectivity index (χ0v) is 14.2. The van der Waals surface area contributed by atoms with E-state index in [1.807, 2.05) is 0 Å². The van der Waals surface area contributed by atoms with Crippen LogP contribution in [0.4, 0.5) is 0 Å². The topological polar surface area (TPSA) is 15.3 Å². The van der Waals surface area contributed by atoms with Gasteiger partial charge in [0.15, 0.2) is 0 Å². The highest BCUT2D eigenvalue weighted by Crippen LogP contribution is 2.34. The van der Waals surface area contributed by atoms with Crippen LogP contribution in [0.3, 0.4) is 0 Å². The minimum Gasteiger partial charge on any atom is -0.311 e. The van der Waals surface area contributed by atoms with Crippen LogP contribution < -0.4 is 5.32 Å². The molecule has 118 valence electrons. The van der Waals surface area contributed by atoms with E-state index >= 15 is 0 Å². The molecule has 0 spiro atoms. The van der Waals surface area contributed by atoms with Crippen molar-refractivity contribution in [2.24, 2.45) is 17.8 Å². The van der Waals surface area contributed by atoms with Crippen LogP contribution in [0, 0.1) is 17.8 Å². The van der Waals surface area contributed by atoms with Crippen molar-refractivity contribution in [2.75, 3.05) is 19.6 Å². The van der Waals surface area contributed by atoms with Crippen molar-refractivity contribution in [3.8, 4) is 0 Å². The Morgan fingerprint density at radius 2 is 1.80 bits per heavy atom. The van der Waals surface area contributed by atoms with Gasteiger partial charge in [-0.15, -0.1) is 0 Å². The van der Waals surface area contributed by atoms with Gasteiger partial charge in [0.05, 0.1) is 0 Å². The van der Waals surface area contributed by atoms with Gasteiger partial charge in [-0.2, -0.15) is 0 Å². The Morgan fingerprint density at radius 3 is 2.40 bits per heavy atom. The van der Waals surface area contributed by atoms with Gasteiger partial charge >= 0.3 is 0 Å². The maximum absolute atomic E-state index is 4.06. The van der Waals surface area contributed by atoms with Gasteiger partial charge in [-0.25, -0.2) is 0 Å². The fourth-order valence-electron chi connectivity index (χ4n) is 4.34. The van der Waals surface area contributed by atoms with E-state index in [9.17, 15) is 0 Å². The van der Waals surface area contributed by atoms with Crippen LogP contribution in [0.5, 0.6) is 0 Å². The lowest BCUT2D eigenvalue weighted by atomic mass is 9.73. The third-order valence-corrected chi connectivity index (χ3v) is 5.60. The summed E-state index contributed by atoms with van der Waals surface area (Å²) < 4.78 is 0. The minimum absolute atomic E-state index is 0.777. The fraction of sp³-hybridized carbons (Fsp3) is 1.00. The molecule has 0 bridgehead atoms. The van der Waals surface area contributed by atoms with Gasteiger partial charge in [-0.05, 0) is 69.5 Å². The smallest absolute Gasteiger partial charge is 0.0103 e. The summed E-state index contributed by atoms with van der Waals surface area (Å²) in [5, 5.41) is 4.06. The van der Waals surface area contributed by atoms with Gasteiger partial charge in [-0.3, -0.25) is 0 Å². The number of rotatable bonds is 5. The van der Waals surface area contributed by atoms with Crippen molar-refractivity contribution >= 4 is 0 Å². The molecule has 2 fully saturated rings. The van der Waals surface area contributed by atoms with Crippen molar-refractivity contribution in [1.29, 1.82) is 0 Å². The fourth-order valence-corrected chi connectivity index (χ4v) is 4.34. The second kappa shape index (κ2) is 7.79. The van der Waals surface area contributed by atoms with E-state index in [0.29, 0.717) is 0 Å². The standard InChI is InChI=1S/C18H36N2/c1-5-10-20-11-8-16(9-12-20)19-18-13-15(4)6-7-17(18)14(2)3/h14-19H,5-13H2,1-4H3. The molecule has 3 unspecified atom stereocenters. The van der Waals surface area contributed by atoms with Gasteiger partial charge < -0.3 is 10.2 Å². The predicted octanol–water partition coefficient (Wildman–Crippen LogP) is 3.91. The number of nitrogens with zero attached hydrogens (tertiary/aromatic N) is 1. The monoisotopic (exact) mass is 280 g/mol. The summed E-state index contributed by atoms with van der Waals surface area (Å²) in [4.78, 5) is 2.64. The number of piperidine rings is 1. The minimum atomic E-state index is 0.777. The van der Waals surface area contributed by atoms with Gasteiger partial charge in [0, 0.05) is 12.1 Å². The van der Waals surface area contributed by atoms with Gasteiger partial charge in [0.1, 0.15) is 0 Å². The summed E-state index contributed by atoms with van der Waals surface area (Å²) in [7, 11) is 0. The maximum atomic E-state index is 4.06. The normalized spacial score (nSPS) is 33.8. The molecule has 3 atom stereocenters. The molecule has 2 nitrogen and oxygen atoms in total. The van der Waals surface area contributed by atoms with E-state index < -0.39 is 0 Å². The number of nitrogens with one attached hydrogen (secondary N) is 1. The van der Waals surface area contributed by atoms with Crippen molar-refractivity contribution in [3.63, 3.8) is 0 Å². The molecule has 1 aliphatic heterocycles. The van der Waals surface area contributed by atoms with Crippen LogP contribution in [0.15, 0.2) is 0 Å². The first-order chi connectivity index (χ1) is 9.60. The molecule has 1 heterocycles. The van der Waals surface area contributed by atoms with Crippen LogP contribution in [0.1, 0.15) is 66.2 Å². The molecule has 0 aromatic rings. The molecular formula is C18H36N2. The lowest BCUT2D eigenvalue weighted by molar-refractivity contribution is 0.132. The Kier molecular flexibility index (Phi) is 6.35. The van der Waals surface area contributed by atoms with Crippen LogP contribution in [-0.4, -0.2) is 36.6 Å². The Hall–Kier alpha value is -0.0800. The van der Waals surface area contributed by atoms with E-state index in [2.05, 4.69) is 37.9 Å². The molecule has 1 saturated heterocycles. The largest absolute Gasteiger partial charge is 0.311 e. The highest BCUT2D eigenvalue weighted by Gasteiger charge is 2.32. The summed E-state index contributed by atoms with van der Waals surface area (Å²) in [5.41, 5.74) is 0. The summed E-state index contributed by atoms with van der Waals surface area (Å²) >= 11 is 0. The van der Waals surface area contributed by atoms with Crippen molar-refractivity contribution < 1.29 is 0 Å². The van der Waals surface area contributed by atoms with Crippen molar-refractivity contribution in [3.05, 3.63) is 0 Å². The quantitative estimate of drug-likeness (QED) is 0.821.